The number of halogens is 2. The first-order valence-electron chi connectivity index (χ1n) is 12.0. The van der Waals surface area contributed by atoms with Gasteiger partial charge in [-0.2, -0.15) is 0 Å². The molecule has 1 heterocycles. The molecule has 2 unspecified atom stereocenters. The highest BCUT2D eigenvalue weighted by Gasteiger charge is 2.49. The summed E-state index contributed by atoms with van der Waals surface area (Å²) in [7, 11) is -3.65. The van der Waals surface area contributed by atoms with Gasteiger partial charge in [0.2, 0.25) is 0 Å². The molecule has 0 spiro atoms. The second-order valence-corrected chi connectivity index (χ2v) is 14.3. The summed E-state index contributed by atoms with van der Waals surface area (Å²) in [6.07, 6.45) is -2.67. The Morgan fingerprint density at radius 3 is 2.19 bits per heavy atom. The van der Waals surface area contributed by atoms with Crippen LogP contribution in [0.4, 0.5) is 0 Å². The van der Waals surface area contributed by atoms with E-state index in [1.807, 2.05) is 13.8 Å². The maximum atomic E-state index is 13.9. The minimum Gasteiger partial charge on any atom is -0.481 e. The van der Waals surface area contributed by atoms with Crippen molar-refractivity contribution in [1.29, 1.82) is 0 Å². The van der Waals surface area contributed by atoms with Gasteiger partial charge >= 0.3 is 5.97 Å². The number of carbonyl (C=O) groups is 2. The largest absolute Gasteiger partial charge is 0.481 e. The average molecular weight is 571 g/mol. The Morgan fingerprint density at radius 2 is 1.68 bits per heavy atom. The number of amides is 1. The normalized spacial score (nSPS) is 21.8. The Balaban J connectivity index is 2.26. The van der Waals surface area contributed by atoms with Gasteiger partial charge in [-0.05, 0) is 62.1 Å². The molecule has 1 saturated heterocycles. The van der Waals surface area contributed by atoms with Gasteiger partial charge in [0.25, 0.3) is 5.91 Å². The molecule has 10 heteroatoms. The van der Waals surface area contributed by atoms with Crippen LogP contribution in [0.3, 0.4) is 0 Å². The predicted octanol–water partition coefficient (Wildman–Crippen LogP) is 5.72. The molecule has 1 fully saturated rings. The highest BCUT2D eigenvalue weighted by molar-refractivity contribution is 7.92. The van der Waals surface area contributed by atoms with Crippen molar-refractivity contribution in [3.8, 4) is 0 Å². The maximum absolute atomic E-state index is 13.9. The van der Waals surface area contributed by atoms with E-state index in [0.717, 1.165) is 0 Å². The number of hydrogen-bond donors (Lipinski definition) is 1. The molecule has 4 atom stereocenters. The van der Waals surface area contributed by atoms with E-state index in [-0.39, 0.29) is 11.7 Å². The Bertz CT molecular complexity index is 1240. The molecule has 3 rings (SSSR count). The van der Waals surface area contributed by atoms with Gasteiger partial charge in [-0.15, -0.1) is 0 Å². The first-order chi connectivity index (χ1) is 17.1. The minimum absolute atomic E-state index is 0.264. The van der Waals surface area contributed by atoms with Gasteiger partial charge in [-0.25, -0.2) is 8.42 Å². The first kappa shape index (κ1) is 29.4. The summed E-state index contributed by atoms with van der Waals surface area (Å²) >= 11 is 12.4. The number of hydrogen-bond acceptors (Lipinski definition) is 5. The minimum atomic E-state index is -3.65. The zero-order chi connectivity index (χ0) is 27.7. The van der Waals surface area contributed by atoms with Gasteiger partial charge in [0.15, 0.2) is 9.84 Å². The molecule has 1 amide bonds. The van der Waals surface area contributed by atoms with E-state index in [0.29, 0.717) is 21.2 Å². The molecule has 1 aliphatic heterocycles. The van der Waals surface area contributed by atoms with Crippen LogP contribution in [-0.4, -0.2) is 52.9 Å². The summed E-state index contributed by atoms with van der Waals surface area (Å²) in [6.45, 7) is 8.58. The van der Waals surface area contributed by atoms with Crippen LogP contribution in [0, 0.1) is 5.92 Å². The summed E-state index contributed by atoms with van der Waals surface area (Å²) < 4.78 is 31.9. The third kappa shape index (κ3) is 6.66. The van der Waals surface area contributed by atoms with Crippen molar-refractivity contribution >= 4 is 44.9 Å². The number of aliphatic carboxylic acids is 1. The topological polar surface area (TPSA) is 101 Å². The fraction of sp³-hybridized carbons (Fsp3) is 0.481. The number of sulfone groups is 1. The van der Waals surface area contributed by atoms with Crippen LogP contribution in [0.25, 0.3) is 0 Å². The van der Waals surface area contributed by atoms with Crippen molar-refractivity contribution in [1.82, 2.24) is 4.90 Å². The summed E-state index contributed by atoms with van der Waals surface area (Å²) in [4.78, 5) is 27.1. The van der Waals surface area contributed by atoms with Gasteiger partial charge in [0.1, 0.15) is 12.2 Å². The summed E-state index contributed by atoms with van der Waals surface area (Å²) in [5.74, 6) is -2.31. The van der Waals surface area contributed by atoms with Crippen LogP contribution in [-0.2, 0) is 24.2 Å². The van der Waals surface area contributed by atoms with E-state index in [2.05, 4.69) is 0 Å². The Kier molecular flexibility index (Phi) is 9.00. The lowest BCUT2D eigenvalue weighted by Gasteiger charge is -2.49. The van der Waals surface area contributed by atoms with Crippen molar-refractivity contribution in [3.63, 3.8) is 0 Å². The SMILES string of the molecule is CC(C)[C@H](CS(=O)(=O)C(C)(C)C)N1C(=O)[C@@H](CC(=O)O)OC(c2cccc(Cl)c2)C1c1ccc(Cl)cc1. The van der Waals surface area contributed by atoms with Crippen LogP contribution in [0.15, 0.2) is 48.5 Å². The van der Waals surface area contributed by atoms with E-state index in [1.165, 1.54) is 4.90 Å². The zero-order valence-electron chi connectivity index (χ0n) is 21.5. The second kappa shape index (κ2) is 11.3. The fourth-order valence-corrected chi connectivity index (χ4v) is 6.25. The molecule has 2 aromatic rings. The molecule has 1 aliphatic rings. The number of ether oxygens (including phenoxy) is 1. The van der Waals surface area contributed by atoms with E-state index in [1.54, 1.807) is 69.3 Å². The predicted molar refractivity (Wildman–Crippen MR) is 145 cm³/mol. The molecule has 0 aromatic heterocycles. The van der Waals surface area contributed by atoms with Crippen molar-refractivity contribution < 1.29 is 27.9 Å². The number of benzene rings is 2. The van der Waals surface area contributed by atoms with Gasteiger partial charge in [-0.1, -0.05) is 61.3 Å². The lowest BCUT2D eigenvalue weighted by molar-refractivity contribution is -0.184. The number of carbonyl (C=O) groups excluding carboxylic acids is 1. The molecule has 2 aromatic carbocycles. The van der Waals surface area contributed by atoms with Gasteiger partial charge < -0.3 is 14.7 Å². The Hall–Kier alpha value is -2.13. The van der Waals surface area contributed by atoms with Crippen LogP contribution in [0.2, 0.25) is 10.0 Å². The fourth-order valence-electron chi connectivity index (χ4n) is 4.43. The van der Waals surface area contributed by atoms with Crippen molar-refractivity contribution in [2.45, 2.75) is 70.1 Å². The molecule has 0 bridgehead atoms. The zero-order valence-corrected chi connectivity index (χ0v) is 23.8. The Labute approximate surface area is 228 Å². The lowest BCUT2D eigenvalue weighted by atomic mass is 9.88. The average Bonchev–Trinajstić information content (AvgIpc) is 2.78. The summed E-state index contributed by atoms with van der Waals surface area (Å²) in [5, 5.41) is 10.5. The standard InChI is InChI=1S/C27H33Cl2NO6S/c1-16(2)21(15-37(34,35)27(3,4)5)30-24(17-9-11-19(28)12-10-17)25(18-7-6-8-20(29)13-18)36-22(26(30)33)14-23(31)32/h6-13,16,21-22,24-25H,14-15H2,1-5H3,(H,31,32)/t21-,22+,24?,25?/m0/s1. The second-order valence-electron chi connectivity index (χ2n) is 10.6. The molecule has 37 heavy (non-hydrogen) atoms. The Morgan fingerprint density at radius 1 is 1.05 bits per heavy atom. The number of rotatable bonds is 8. The summed E-state index contributed by atoms with van der Waals surface area (Å²) in [6, 6.07) is 12.4. The molecule has 0 aliphatic carbocycles. The van der Waals surface area contributed by atoms with Gasteiger partial charge in [0, 0.05) is 16.1 Å². The number of nitrogens with zero attached hydrogens (tertiary/aromatic N) is 1. The smallest absolute Gasteiger partial charge is 0.306 e. The van der Waals surface area contributed by atoms with E-state index < -0.39 is 57.2 Å². The number of morpholine rings is 1. The van der Waals surface area contributed by atoms with E-state index >= 15 is 0 Å². The lowest BCUT2D eigenvalue weighted by Crippen LogP contribution is -2.58. The highest BCUT2D eigenvalue weighted by Crippen LogP contribution is 2.45. The van der Waals surface area contributed by atoms with Gasteiger partial charge in [-0.3, -0.25) is 9.59 Å². The molecular formula is C27H33Cl2NO6S. The third-order valence-electron chi connectivity index (χ3n) is 6.63. The molecule has 1 N–H and O–H groups in total. The van der Waals surface area contributed by atoms with Crippen molar-refractivity contribution in [3.05, 3.63) is 69.7 Å². The molecule has 202 valence electrons. The number of carboxylic acid groups (broad SMARTS) is 1. The monoisotopic (exact) mass is 569 g/mol. The van der Waals surface area contributed by atoms with Crippen LogP contribution >= 0.6 is 23.2 Å². The number of carboxylic acids is 1. The summed E-state index contributed by atoms with van der Waals surface area (Å²) in [5.41, 5.74) is 1.32. The molecule has 0 radical (unpaired) electrons. The van der Waals surface area contributed by atoms with Crippen molar-refractivity contribution in [2.75, 3.05) is 5.75 Å². The molecular weight excluding hydrogens is 537 g/mol. The van der Waals surface area contributed by atoms with Gasteiger partial charge in [0.05, 0.1) is 23.0 Å². The van der Waals surface area contributed by atoms with Crippen molar-refractivity contribution in [2.24, 2.45) is 5.92 Å². The van der Waals surface area contributed by atoms with E-state index in [4.69, 9.17) is 27.9 Å². The van der Waals surface area contributed by atoms with Crippen LogP contribution in [0.5, 0.6) is 0 Å². The van der Waals surface area contributed by atoms with Crippen LogP contribution in [0.1, 0.15) is 64.3 Å². The molecule has 0 saturated carbocycles. The molecule has 7 nitrogen and oxygen atoms in total. The van der Waals surface area contributed by atoms with E-state index in [9.17, 15) is 23.1 Å². The maximum Gasteiger partial charge on any atom is 0.306 e. The first-order valence-corrected chi connectivity index (χ1v) is 14.5. The third-order valence-corrected chi connectivity index (χ3v) is 9.76. The van der Waals surface area contributed by atoms with Crippen LogP contribution < -0.4 is 0 Å². The quantitative estimate of drug-likeness (QED) is 0.436. The highest BCUT2D eigenvalue weighted by atomic mass is 35.5.